The second-order valence-electron chi connectivity index (χ2n) is 3.34. The minimum atomic E-state index is -0.596. The third-order valence-electron chi connectivity index (χ3n) is 2.11. The molecule has 0 bridgehead atoms. The Morgan fingerprint density at radius 1 is 1.50 bits per heavy atom. The number of halogens is 2. The zero-order valence-electron chi connectivity index (χ0n) is 9.17. The van der Waals surface area contributed by atoms with E-state index in [9.17, 15) is 8.78 Å². The van der Waals surface area contributed by atoms with E-state index in [0.717, 1.165) is 24.3 Å². The standard InChI is InChI=1S/C13H14F2O/c1-3-11-4-5-12(13(15)8-11)9-16-7-6-10(2)14/h4-8H,2-3,9H2,1H3/b7-6+. The van der Waals surface area contributed by atoms with Crippen LogP contribution in [0, 0.1) is 5.82 Å². The van der Waals surface area contributed by atoms with Gasteiger partial charge in [-0.3, -0.25) is 0 Å². The number of aryl methyl sites for hydroxylation is 1. The molecule has 86 valence electrons. The molecule has 0 saturated heterocycles. The van der Waals surface area contributed by atoms with Gasteiger partial charge in [0.2, 0.25) is 0 Å². The summed E-state index contributed by atoms with van der Waals surface area (Å²) in [5.41, 5.74) is 1.39. The maximum absolute atomic E-state index is 13.4. The predicted molar refractivity (Wildman–Crippen MR) is 60.0 cm³/mol. The van der Waals surface area contributed by atoms with E-state index in [0.29, 0.717) is 5.56 Å². The fourth-order valence-electron chi connectivity index (χ4n) is 1.19. The van der Waals surface area contributed by atoms with Crippen LogP contribution < -0.4 is 0 Å². The van der Waals surface area contributed by atoms with Crippen LogP contribution in [0.3, 0.4) is 0 Å². The lowest BCUT2D eigenvalue weighted by molar-refractivity contribution is 0.231. The van der Waals surface area contributed by atoms with Crippen molar-refractivity contribution in [3.8, 4) is 0 Å². The van der Waals surface area contributed by atoms with Crippen molar-refractivity contribution in [1.29, 1.82) is 0 Å². The molecule has 1 nitrogen and oxygen atoms in total. The van der Waals surface area contributed by atoms with Crippen LogP contribution in [-0.4, -0.2) is 0 Å². The molecule has 0 aliphatic rings. The molecule has 0 radical (unpaired) electrons. The molecule has 0 saturated carbocycles. The molecule has 0 aliphatic heterocycles. The lowest BCUT2D eigenvalue weighted by Crippen LogP contribution is -1.93. The van der Waals surface area contributed by atoms with Crippen LogP contribution in [0.15, 0.2) is 42.9 Å². The molecule has 1 rings (SSSR count). The zero-order chi connectivity index (χ0) is 12.0. The summed E-state index contributed by atoms with van der Waals surface area (Å²) in [6, 6.07) is 5.00. The van der Waals surface area contributed by atoms with Gasteiger partial charge < -0.3 is 4.74 Å². The highest BCUT2D eigenvalue weighted by Crippen LogP contribution is 2.12. The molecular formula is C13H14F2O. The molecule has 0 amide bonds. The Morgan fingerprint density at radius 3 is 2.81 bits per heavy atom. The Kier molecular flexibility index (Phi) is 4.70. The maximum Gasteiger partial charge on any atom is 0.130 e. The molecule has 0 aliphatic carbocycles. The molecule has 0 heterocycles. The summed E-state index contributed by atoms with van der Waals surface area (Å²) in [6.07, 6.45) is 3.04. The van der Waals surface area contributed by atoms with Crippen LogP contribution in [0.5, 0.6) is 0 Å². The molecule has 0 N–H and O–H groups in total. The Bertz CT molecular complexity index is 397. The van der Waals surface area contributed by atoms with Gasteiger partial charge in [0.15, 0.2) is 0 Å². The number of rotatable bonds is 5. The van der Waals surface area contributed by atoms with E-state index in [1.807, 2.05) is 13.0 Å². The highest BCUT2D eigenvalue weighted by atomic mass is 19.1. The average molecular weight is 224 g/mol. The molecule has 0 spiro atoms. The molecule has 0 aromatic heterocycles. The van der Waals surface area contributed by atoms with Crippen molar-refractivity contribution in [3.63, 3.8) is 0 Å². The van der Waals surface area contributed by atoms with Crippen molar-refractivity contribution in [1.82, 2.24) is 0 Å². The SMILES string of the molecule is C=C(F)/C=C/OCc1ccc(CC)cc1F. The largest absolute Gasteiger partial charge is 0.496 e. The Morgan fingerprint density at radius 2 is 2.25 bits per heavy atom. The number of allylic oxidation sites excluding steroid dienone is 2. The number of hydrogen-bond donors (Lipinski definition) is 0. The molecule has 0 atom stereocenters. The van der Waals surface area contributed by atoms with Crippen molar-refractivity contribution in [3.05, 3.63) is 59.9 Å². The van der Waals surface area contributed by atoms with Gasteiger partial charge in [0.1, 0.15) is 18.3 Å². The average Bonchev–Trinajstić information content (AvgIpc) is 2.25. The van der Waals surface area contributed by atoms with E-state index in [-0.39, 0.29) is 12.4 Å². The molecule has 0 unspecified atom stereocenters. The molecular weight excluding hydrogens is 210 g/mol. The first-order valence-corrected chi connectivity index (χ1v) is 5.03. The lowest BCUT2D eigenvalue weighted by atomic mass is 10.1. The third-order valence-corrected chi connectivity index (χ3v) is 2.11. The first kappa shape index (κ1) is 12.4. The Hall–Kier alpha value is -1.64. The van der Waals surface area contributed by atoms with Gasteiger partial charge in [-0.2, -0.15) is 0 Å². The van der Waals surface area contributed by atoms with Crippen LogP contribution in [0.25, 0.3) is 0 Å². The van der Waals surface area contributed by atoms with Gasteiger partial charge in [-0.25, -0.2) is 8.78 Å². The first-order valence-electron chi connectivity index (χ1n) is 5.03. The van der Waals surface area contributed by atoms with Crippen molar-refractivity contribution in [2.45, 2.75) is 20.0 Å². The van der Waals surface area contributed by atoms with Gasteiger partial charge in [0.25, 0.3) is 0 Å². The quantitative estimate of drug-likeness (QED) is 0.544. The fourth-order valence-corrected chi connectivity index (χ4v) is 1.19. The van der Waals surface area contributed by atoms with Crippen LogP contribution in [-0.2, 0) is 17.8 Å². The third kappa shape index (κ3) is 3.85. The van der Waals surface area contributed by atoms with Crippen LogP contribution in [0.1, 0.15) is 18.1 Å². The van der Waals surface area contributed by atoms with E-state index in [1.54, 1.807) is 6.07 Å². The van der Waals surface area contributed by atoms with Crippen molar-refractivity contribution in [2.24, 2.45) is 0 Å². The van der Waals surface area contributed by atoms with Crippen LogP contribution in [0.2, 0.25) is 0 Å². The van der Waals surface area contributed by atoms with Gasteiger partial charge in [-0.1, -0.05) is 25.6 Å². The molecule has 0 fully saturated rings. The monoisotopic (exact) mass is 224 g/mol. The minimum Gasteiger partial charge on any atom is -0.496 e. The summed E-state index contributed by atoms with van der Waals surface area (Å²) in [6.45, 7) is 5.07. The predicted octanol–water partition coefficient (Wildman–Crippen LogP) is 3.90. The molecule has 16 heavy (non-hydrogen) atoms. The first-order chi connectivity index (χ1) is 7.63. The molecule has 1 aromatic rings. The smallest absolute Gasteiger partial charge is 0.130 e. The van der Waals surface area contributed by atoms with E-state index in [2.05, 4.69) is 6.58 Å². The van der Waals surface area contributed by atoms with Crippen LogP contribution in [0.4, 0.5) is 8.78 Å². The second-order valence-corrected chi connectivity index (χ2v) is 3.34. The van der Waals surface area contributed by atoms with E-state index in [4.69, 9.17) is 4.74 Å². The fraction of sp³-hybridized carbons (Fsp3) is 0.231. The van der Waals surface area contributed by atoms with Gasteiger partial charge in [-0.05, 0) is 18.1 Å². The zero-order valence-corrected chi connectivity index (χ0v) is 9.17. The summed E-state index contributed by atoms with van der Waals surface area (Å²) in [5, 5.41) is 0. The highest BCUT2D eigenvalue weighted by Gasteiger charge is 2.02. The molecule has 1 aromatic carbocycles. The normalized spacial score (nSPS) is 10.7. The van der Waals surface area contributed by atoms with Crippen molar-refractivity contribution in [2.75, 3.05) is 0 Å². The summed E-state index contributed by atoms with van der Waals surface area (Å²) in [4.78, 5) is 0. The number of ether oxygens (including phenoxy) is 1. The van der Waals surface area contributed by atoms with E-state index >= 15 is 0 Å². The summed E-state index contributed by atoms with van der Waals surface area (Å²) in [5.74, 6) is -0.895. The van der Waals surface area contributed by atoms with Gasteiger partial charge in [0, 0.05) is 11.6 Å². The van der Waals surface area contributed by atoms with E-state index in [1.165, 1.54) is 6.07 Å². The Labute approximate surface area is 94.1 Å². The number of hydrogen-bond acceptors (Lipinski definition) is 1. The lowest BCUT2D eigenvalue weighted by Gasteiger charge is -2.04. The van der Waals surface area contributed by atoms with Gasteiger partial charge in [-0.15, -0.1) is 0 Å². The topological polar surface area (TPSA) is 9.23 Å². The summed E-state index contributed by atoms with van der Waals surface area (Å²) < 4.78 is 30.6. The maximum atomic E-state index is 13.4. The summed E-state index contributed by atoms with van der Waals surface area (Å²) in [7, 11) is 0. The van der Waals surface area contributed by atoms with Gasteiger partial charge >= 0.3 is 0 Å². The minimum absolute atomic E-state index is 0.0829. The number of benzene rings is 1. The second kappa shape index (κ2) is 6.05. The van der Waals surface area contributed by atoms with Crippen LogP contribution >= 0.6 is 0 Å². The van der Waals surface area contributed by atoms with Crippen molar-refractivity contribution >= 4 is 0 Å². The highest BCUT2D eigenvalue weighted by molar-refractivity contribution is 5.24. The Balaban J connectivity index is 2.57. The van der Waals surface area contributed by atoms with E-state index < -0.39 is 5.83 Å². The van der Waals surface area contributed by atoms with Gasteiger partial charge in [0.05, 0.1) is 6.26 Å². The van der Waals surface area contributed by atoms with Crippen molar-refractivity contribution < 1.29 is 13.5 Å². The summed E-state index contributed by atoms with van der Waals surface area (Å²) >= 11 is 0. The molecule has 3 heteroatoms.